The van der Waals surface area contributed by atoms with E-state index >= 15 is 0 Å². The predicted octanol–water partition coefficient (Wildman–Crippen LogP) is 4.49. The molecule has 0 saturated heterocycles. The second-order valence-electron chi connectivity index (χ2n) is 5.59. The van der Waals surface area contributed by atoms with E-state index in [1.807, 2.05) is 66.9 Å². The zero-order valence-electron chi connectivity index (χ0n) is 14.9. The fourth-order valence-electron chi connectivity index (χ4n) is 2.36. The lowest BCUT2D eigenvalue weighted by Crippen LogP contribution is -2.16. The smallest absolute Gasteiger partial charge is 0.281 e. The number of nitrogens with zero attached hydrogens (tertiary/aromatic N) is 1. The van der Waals surface area contributed by atoms with Crippen molar-refractivity contribution in [3.05, 3.63) is 82.0 Å². The van der Waals surface area contributed by atoms with Gasteiger partial charge in [0.15, 0.2) is 11.5 Å². The molecule has 0 bridgehead atoms. The Morgan fingerprint density at radius 2 is 1.93 bits per heavy atom. The van der Waals surface area contributed by atoms with Gasteiger partial charge in [-0.2, -0.15) is 5.10 Å². The summed E-state index contributed by atoms with van der Waals surface area (Å²) in [6.45, 7) is 2.91. The first kappa shape index (κ1) is 18.7. The van der Waals surface area contributed by atoms with Crippen molar-refractivity contribution in [2.24, 2.45) is 5.10 Å². The second kappa shape index (κ2) is 9.54. The molecular weight excluding hydrogens is 360 g/mol. The van der Waals surface area contributed by atoms with Gasteiger partial charge in [0.2, 0.25) is 0 Å². The van der Waals surface area contributed by atoms with Crippen LogP contribution in [-0.2, 0) is 6.61 Å². The third kappa shape index (κ3) is 5.43. The van der Waals surface area contributed by atoms with Gasteiger partial charge in [-0.15, -0.1) is 11.3 Å². The van der Waals surface area contributed by atoms with Crippen LogP contribution in [0, 0.1) is 0 Å². The summed E-state index contributed by atoms with van der Waals surface area (Å²) in [5.41, 5.74) is 4.40. The molecule has 6 heteroatoms. The Hall–Kier alpha value is -3.12. The molecule has 0 aliphatic rings. The molecule has 1 heterocycles. The third-order valence-corrected chi connectivity index (χ3v) is 4.50. The number of amides is 1. The molecule has 0 fully saturated rings. The molecule has 2 aromatic carbocycles. The molecule has 1 aromatic heterocycles. The van der Waals surface area contributed by atoms with Crippen molar-refractivity contribution in [3.63, 3.8) is 0 Å². The fraction of sp³-hybridized carbons (Fsp3) is 0.143. The monoisotopic (exact) mass is 380 g/mol. The first-order valence-electron chi connectivity index (χ1n) is 8.56. The van der Waals surface area contributed by atoms with Crippen LogP contribution >= 0.6 is 11.3 Å². The molecule has 0 saturated carbocycles. The highest BCUT2D eigenvalue weighted by atomic mass is 32.1. The normalized spacial score (nSPS) is 10.7. The summed E-state index contributed by atoms with van der Waals surface area (Å²) in [5.74, 6) is 1.08. The van der Waals surface area contributed by atoms with Crippen LogP contribution in [0.15, 0.2) is 71.1 Å². The Labute approximate surface area is 162 Å². The molecule has 3 rings (SSSR count). The molecular formula is C21H20N2O3S. The minimum Gasteiger partial charge on any atom is -0.490 e. The summed E-state index contributed by atoms with van der Waals surface area (Å²) in [6.07, 6.45) is 1.58. The lowest BCUT2D eigenvalue weighted by atomic mass is 10.2. The summed E-state index contributed by atoms with van der Waals surface area (Å²) < 4.78 is 11.6. The molecule has 3 aromatic rings. The second-order valence-corrected chi connectivity index (χ2v) is 6.54. The van der Waals surface area contributed by atoms with Gasteiger partial charge in [-0.25, -0.2) is 5.43 Å². The highest BCUT2D eigenvalue weighted by Crippen LogP contribution is 2.28. The molecule has 138 valence electrons. The van der Waals surface area contributed by atoms with E-state index in [-0.39, 0.29) is 5.91 Å². The van der Waals surface area contributed by atoms with Crippen molar-refractivity contribution in [1.29, 1.82) is 0 Å². The van der Waals surface area contributed by atoms with E-state index in [2.05, 4.69) is 10.5 Å². The van der Waals surface area contributed by atoms with Crippen molar-refractivity contribution in [1.82, 2.24) is 5.43 Å². The van der Waals surface area contributed by atoms with Crippen molar-refractivity contribution in [2.75, 3.05) is 6.61 Å². The number of ether oxygens (including phenoxy) is 2. The lowest BCUT2D eigenvalue weighted by Gasteiger charge is -2.12. The average molecular weight is 380 g/mol. The molecule has 5 nitrogen and oxygen atoms in total. The molecule has 0 unspecified atom stereocenters. The van der Waals surface area contributed by atoms with Crippen molar-refractivity contribution >= 4 is 23.5 Å². The summed E-state index contributed by atoms with van der Waals surface area (Å²) in [7, 11) is 0. The SMILES string of the molecule is CCOc1cc(/C=N\NC(=O)c2cccs2)ccc1OCc1ccccc1. The Balaban J connectivity index is 1.65. The highest BCUT2D eigenvalue weighted by molar-refractivity contribution is 7.12. The van der Waals surface area contributed by atoms with Gasteiger partial charge in [-0.3, -0.25) is 4.79 Å². The standard InChI is InChI=1S/C21H20N2O3S/c1-2-25-19-13-17(14-22-23-21(24)20-9-6-12-27-20)10-11-18(19)26-15-16-7-4-3-5-8-16/h3-14H,2,15H2,1H3,(H,23,24)/b22-14-. The van der Waals surface area contributed by atoms with Gasteiger partial charge in [0.1, 0.15) is 6.61 Å². The third-order valence-electron chi connectivity index (χ3n) is 3.63. The van der Waals surface area contributed by atoms with Crippen LogP contribution in [0.3, 0.4) is 0 Å². The van der Waals surface area contributed by atoms with E-state index in [0.717, 1.165) is 11.1 Å². The predicted molar refractivity (Wildman–Crippen MR) is 108 cm³/mol. The number of hydrogen-bond donors (Lipinski definition) is 1. The van der Waals surface area contributed by atoms with E-state index in [4.69, 9.17) is 9.47 Å². The maximum Gasteiger partial charge on any atom is 0.281 e. The van der Waals surface area contributed by atoms with Crippen LogP contribution in [0.5, 0.6) is 11.5 Å². The average Bonchev–Trinajstić information content (AvgIpc) is 3.23. The number of carbonyl (C=O) groups is 1. The van der Waals surface area contributed by atoms with Crippen LogP contribution in [0.2, 0.25) is 0 Å². The molecule has 1 amide bonds. The molecule has 0 aliphatic heterocycles. The van der Waals surface area contributed by atoms with Crippen molar-refractivity contribution < 1.29 is 14.3 Å². The Kier molecular flexibility index (Phi) is 6.60. The zero-order chi connectivity index (χ0) is 18.9. The number of hydrazone groups is 1. The fourth-order valence-corrected chi connectivity index (χ4v) is 2.97. The van der Waals surface area contributed by atoms with Gasteiger partial charge in [0.25, 0.3) is 5.91 Å². The quantitative estimate of drug-likeness (QED) is 0.463. The summed E-state index contributed by atoms with van der Waals surface area (Å²) in [5, 5.41) is 5.86. The van der Waals surface area contributed by atoms with Gasteiger partial charge < -0.3 is 9.47 Å². The van der Waals surface area contributed by atoms with Crippen molar-refractivity contribution in [3.8, 4) is 11.5 Å². The van der Waals surface area contributed by atoms with E-state index < -0.39 is 0 Å². The number of benzene rings is 2. The number of nitrogens with one attached hydrogen (secondary N) is 1. The highest BCUT2D eigenvalue weighted by Gasteiger charge is 2.07. The molecule has 27 heavy (non-hydrogen) atoms. The largest absolute Gasteiger partial charge is 0.490 e. The van der Waals surface area contributed by atoms with Crippen LogP contribution in [0.1, 0.15) is 27.7 Å². The number of carbonyl (C=O) groups excluding carboxylic acids is 1. The molecule has 0 aliphatic carbocycles. The lowest BCUT2D eigenvalue weighted by molar-refractivity contribution is 0.0959. The summed E-state index contributed by atoms with van der Waals surface area (Å²) in [4.78, 5) is 12.5. The number of thiophene rings is 1. The van der Waals surface area contributed by atoms with Gasteiger partial charge in [-0.1, -0.05) is 36.4 Å². The van der Waals surface area contributed by atoms with Gasteiger partial charge in [0, 0.05) is 0 Å². The van der Waals surface area contributed by atoms with E-state index in [9.17, 15) is 4.79 Å². The topological polar surface area (TPSA) is 59.9 Å². The Bertz CT molecular complexity index is 893. The van der Waals surface area contributed by atoms with Crippen LogP contribution in [0.25, 0.3) is 0 Å². The van der Waals surface area contributed by atoms with Crippen LogP contribution < -0.4 is 14.9 Å². The Morgan fingerprint density at radius 3 is 2.67 bits per heavy atom. The molecule has 0 spiro atoms. The first-order chi connectivity index (χ1) is 13.3. The molecule has 0 atom stereocenters. The minimum absolute atomic E-state index is 0.228. The van der Waals surface area contributed by atoms with Gasteiger partial charge in [-0.05, 0) is 47.7 Å². The van der Waals surface area contributed by atoms with Crippen LogP contribution in [-0.4, -0.2) is 18.7 Å². The number of rotatable bonds is 8. The molecule has 1 N–H and O–H groups in total. The van der Waals surface area contributed by atoms with E-state index in [1.165, 1.54) is 11.3 Å². The Morgan fingerprint density at radius 1 is 1.07 bits per heavy atom. The first-order valence-corrected chi connectivity index (χ1v) is 9.44. The van der Waals surface area contributed by atoms with Gasteiger partial charge >= 0.3 is 0 Å². The van der Waals surface area contributed by atoms with E-state index in [1.54, 1.807) is 12.3 Å². The minimum atomic E-state index is -0.228. The molecule has 0 radical (unpaired) electrons. The van der Waals surface area contributed by atoms with Crippen molar-refractivity contribution in [2.45, 2.75) is 13.5 Å². The van der Waals surface area contributed by atoms with E-state index in [0.29, 0.717) is 29.6 Å². The summed E-state index contributed by atoms with van der Waals surface area (Å²) in [6, 6.07) is 19.1. The van der Waals surface area contributed by atoms with Gasteiger partial charge in [0.05, 0.1) is 17.7 Å². The van der Waals surface area contributed by atoms with Crippen LogP contribution in [0.4, 0.5) is 0 Å². The zero-order valence-corrected chi connectivity index (χ0v) is 15.7. The number of hydrogen-bond acceptors (Lipinski definition) is 5. The summed E-state index contributed by atoms with van der Waals surface area (Å²) >= 11 is 1.37. The maximum absolute atomic E-state index is 11.9. The maximum atomic E-state index is 11.9.